The molecule has 2 fully saturated rings. The predicted octanol–water partition coefficient (Wildman–Crippen LogP) is 6.55. The lowest BCUT2D eigenvalue weighted by Crippen LogP contribution is -2.49. The molecule has 1 aromatic heterocycles. The van der Waals surface area contributed by atoms with Gasteiger partial charge in [0.05, 0.1) is 27.7 Å². The highest BCUT2D eigenvalue weighted by atomic mass is 35.5. The molecule has 3 aromatic rings. The third-order valence-electron chi connectivity index (χ3n) is 7.03. The Hall–Kier alpha value is -3.72. The number of nitrogens with zero attached hydrogens (tertiary/aromatic N) is 3. The second-order valence-corrected chi connectivity index (χ2v) is 10.2. The average molecular weight is 569 g/mol. The first-order valence-corrected chi connectivity index (χ1v) is 12.2. The fourth-order valence-corrected chi connectivity index (χ4v) is 5.15. The Morgan fingerprint density at radius 1 is 1.10 bits per heavy atom. The van der Waals surface area contributed by atoms with Gasteiger partial charge in [0.1, 0.15) is 11.2 Å². The van der Waals surface area contributed by atoms with Gasteiger partial charge in [-0.3, -0.25) is 9.59 Å². The van der Waals surface area contributed by atoms with E-state index in [1.807, 2.05) is 0 Å². The van der Waals surface area contributed by atoms with Crippen LogP contribution in [0.25, 0.3) is 10.9 Å². The van der Waals surface area contributed by atoms with Crippen molar-refractivity contribution in [3.63, 3.8) is 0 Å². The number of amides is 2. The Kier molecular flexibility index (Phi) is 6.14. The third kappa shape index (κ3) is 4.69. The van der Waals surface area contributed by atoms with Gasteiger partial charge in [-0.25, -0.2) is 0 Å². The number of aromatic nitrogens is 1. The van der Waals surface area contributed by atoms with E-state index in [1.54, 1.807) is 10.6 Å². The molecule has 1 unspecified atom stereocenters. The number of hydrogen-bond acceptors (Lipinski definition) is 3. The van der Waals surface area contributed by atoms with Crippen molar-refractivity contribution < 1.29 is 35.9 Å². The Bertz CT molecular complexity index is 1550. The fraction of sp³-hybridized carbons (Fsp3) is 0.346. The van der Waals surface area contributed by atoms with Gasteiger partial charge in [-0.1, -0.05) is 23.7 Å². The van der Waals surface area contributed by atoms with Crippen molar-refractivity contribution in [2.45, 2.75) is 55.7 Å². The van der Waals surface area contributed by atoms with Crippen LogP contribution in [0.1, 0.15) is 69.7 Å². The number of hydrogen-bond donors (Lipinski definition) is 1. The van der Waals surface area contributed by atoms with Gasteiger partial charge in [-0.2, -0.15) is 31.6 Å². The summed E-state index contributed by atoms with van der Waals surface area (Å²) in [4.78, 5) is 26.2. The molecule has 0 aliphatic heterocycles. The van der Waals surface area contributed by atoms with E-state index in [0.29, 0.717) is 27.9 Å². The zero-order chi connectivity index (χ0) is 28.5. The van der Waals surface area contributed by atoms with Gasteiger partial charge >= 0.3 is 12.4 Å². The number of fused-ring (bicyclic) bond motifs is 1. The highest BCUT2D eigenvalue weighted by Crippen LogP contribution is 2.52. The number of nitrogens with two attached hydrogens (primary N) is 1. The standard InChI is InChI=1S/C26H19ClF6N4O2/c27-18-11-19-14(10-20(22(35)38)36(19)16-4-5-16)9-17(18)23(39)37(24(12-34)6-7-24)21(26(31,32)33)13-2-1-3-15(8-13)25(28,29)30/h1-3,8-11,16,21H,4-7H2,(H2,35,38). The molecule has 2 aromatic carbocycles. The number of benzene rings is 2. The highest BCUT2D eigenvalue weighted by Gasteiger charge is 2.60. The van der Waals surface area contributed by atoms with Crippen molar-refractivity contribution in [1.82, 2.24) is 9.47 Å². The summed E-state index contributed by atoms with van der Waals surface area (Å²) in [5, 5.41) is 9.87. The lowest BCUT2D eigenvalue weighted by molar-refractivity contribution is -0.184. The number of primary amides is 1. The minimum atomic E-state index is -5.24. The van der Waals surface area contributed by atoms with Crippen molar-refractivity contribution in [2.75, 3.05) is 0 Å². The Morgan fingerprint density at radius 2 is 1.77 bits per heavy atom. The molecule has 2 N–H and O–H groups in total. The minimum Gasteiger partial charge on any atom is -0.364 e. The summed E-state index contributed by atoms with van der Waals surface area (Å²) in [5.74, 6) is -2.02. The molecule has 2 amide bonds. The largest absolute Gasteiger partial charge is 0.416 e. The smallest absolute Gasteiger partial charge is 0.364 e. The lowest BCUT2D eigenvalue weighted by Gasteiger charge is -2.37. The first-order chi connectivity index (χ1) is 18.2. The number of carbonyl (C=O) groups excluding carboxylic acids is 2. The lowest BCUT2D eigenvalue weighted by atomic mass is 9.98. The van der Waals surface area contributed by atoms with Gasteiger partial charge in [-0.15, -0.1) is 0 Å². The second-order valence-electron chi connectivity index (χ2n) is 9.77. The van der Waals surface area contributed by atoms with Crippen molar-refractivity contribution in [3.05, 3.63) is 69.9 Å². The normalized spacial score (nSPS) is 17.5. The van der Waals surface area contributed by atoms with Crippen LogP contribution in [-0.4, -0.2) is 33.0 Å². The number of nitriles is 1. The molecule has 2 aliphatic rings. The van der Waals surface area contributed by atoms with Crippen LogP contribution in [0.2, 0.25) is 5.02 Å². The number of carbonyl (C=O) groups is 2. The molecule has 1 atom stereocenters. The molecule has 0 spiro atoms. The van der Waals surface area contributed by atoms with Crippen LogP contribution in [0.3, 0.4) is 0 Å². The predicted molar refractivity (Wildman–Crippen MR) is 128 cm³/mol. The zero-order valence-electron chi connectivity index (χ0n) is 19.9. The first-order valence-electron chi connectivity index (χ1n) is 11.8. The van der Waals surface area contributed by atoms with E-state index in [2.05, 4.69) is 0 Å². The van der Waals surface area contributed by atoms with Crippen LogP contribution in [0.4, 0.5) is 26.3 Å². The van der Waals surface area contributed by atoms with Crippen LogP contribution in [-0.2, 0) is 6.18 Å². The summed E-state index contributed by atoms with van der Waals surface area (Å²) in [6.07, 6.45) is -8.85. The van der Waals surface area contributed by atoms with E-state index in [-0.39, 0.29) is 29.6 Å². The van der Waals surface area contributed by atoms with Crippen molar-refractivity contribution in [1.29, 1.82) is 5.26 Å². The van der Waals surface area contributed by atoms with Crippen molar-refractivity contribution in [2.24, 2.45) is 5.73 Å². The molecule has 2 saturated carbocycles. The van der Waals surface area contributed by atoms with Crippen LogP contribution in [0.5, 0.6) is 0 Å². The number of halogens is 7. The molecule has 204 valence electrons. The Labute approximate surface area is 222 Å². The van der Waals surface area contributed by atoms with Gasteiger partial charge in [0.25, 0.3) is 11.8 Å². The van der Waals surface area contributed by atoms with E-state index in [9.17, 15) is 41.2 Å². The maximum absolute atomic E-state index is 14.6. The highest BCUT2D eigenvalue weighted by molar-refractivity contribution is 6.34. The molecule has 39 heavy (non-hydrogen) atoms. The summed E-state index contributed by atoms with van der Waals surface area (Å²) in [6, 6.07) is 5.41. The van der Waals surface area contributed by atoms with Crippen LogP contribution in [0, 0.1) is 11.3 Å². The van der Waals surface area contributed by atoms with E-state index in [1.165, 1.54) is 18.2 Å². The molecule has 0 saturated heterocycles. The third-order valence-corrected chi connectivity index (χ3v) is 7.34. The first kappa shape index (κ1) is 26.9. The summed E-state index contributed by atoms with van der Waals surface area (Å²) >= 11 is 6.40. The average Bonchev–Trinajstić information content (AvgIpc) is 3.78. The van der Waals surface area contributed by atoms with Gasteiger partial charge < -0.3 is 15.2 Å². The minimum absolute atomic E-state index is 0.0250. The fourth-order valence-electron chi connectivity index (χ4n) is 4.91. The van der Waals surface area contributed by atoms with Crippen LogP contribution < -0.4 is 5.73 Å². The van der Waals surface area contributed by atoms with Gasteiger partial charge in [0, 0.05) is 11.4 Å². The molecule has 13 heteroatoms. The number of rotatable bonds is 6. The maximum Gasteiger partial charge on any atom is 0.416 e. The maximum atomic E-state index is 14.6. The van der Waals surface area contributed by atoms with E-state index < -0.39 is 52.4 Å². The van der Waals surface area contributed by atoms with Crippen LogP contribution in [0.15, 0.2) is 42.5 Å². The van der Waals surface area contributed by atoms with Crippen LogP contribution >= 0.6 is 11.6 Å². The Morgan fingerprint density at radius 3 is 2.28 bits per heavy atom. The molecule has 0 radical (unpaired) electrons. The molecule has 5 rings (SSSR count). The quantitative estimate of drug-likeness (QED) is 0.342. The molecular weight excluding hydrogens is 550 g/mol. The molecule has 1 heterocycles. The molecule has 2 aliphatic carbocycles. The zero-order valence-corrected chi connectivity index (χ0v) is 20.7. The molecule has 0 bridgehead atoms. The van der Waals surface area contributed by atoms with E-state index in [4.69, 9.17) is 17.3 Å². The topological polar surface area (TPSA) is 92.1 Å². The monoisotopic (exact) mass is 568 g/mol. The van der Waals surface area contributed by atoms with Crippen molar-refractivity contribution >= 4 is 34.3 Å². The summed E-state index contributed by atoms with van der Waals surface area (Å²) in [5.41, 5.74) is 1.61. The SMILES string of the molecule is N#CC1(N(C(=O)c2cc3cc(C(N)=O)n(C4CC4)c3cc2Cl)C(c2cccc(C(F)(F)F)c2)C(F)(F)F)CC1. The summed E-state index contributed by atoms with van der Waals surface area (Å²) < 4.78 is 85.4. The van der Waals surface area contributed by atoms with Gasteiger partial charge in [-0.05, 0) is 61.6 Å². The van der Waals surface area contributed by atoms with Crippen molar-refractivity contribution in [3.8, 4) is 6.07 Å². The van der Waals surface area contributed by atoms with E-state index >= 15 is 0 Å². The summed E-state index contributed by atoms with van der Waals surface area (Å²) in [7, 11) is 0. The molecule has 6 nitrogen and oxygen atoms in total. The Balaban J connectivity index is 1.67. The molecular formula is C26H19ClF6N4O2. The van der Waals surface area contributed by atoms with Gasteiger partial charge in [0.2, 0.25) is 0 Å². The number of alkyl halides is 6. The van der Waals surface area contributed by atoms with E-state index in [0.717, 1.165) is 25.0 Å². The van der Waals surface area contributed by atoms with Gasteiger partial charge in [0.15, 0.2) is 6.04 Å². The summed E-state index contributed by atoms with van der Waals surface area (Å²) in [6.45, 7) is 0. The second kappa shape index (κ2) is 8.91.